The smallest absolute Gasteiger partial charge is 0.506 e. The number of nitrogens with one attached hydrogen (secondary N) is 1. The molecule has 4 nitrogen and oxygen atoms in total. The lowest BCUT2D eigenvalue weighted by Crippen LogP contribution is -2.45. The molecular formula is C18H17BrClF3N2O2. The summed E-state index contributed by atoms with van der Waals surface area (Å²) in [5, 5.41) is 14.3. The Kier molecular flexibility index (Phi) is 6.20. The fraction of sp³-hybridized carbons (Fsp3) is 0.333. The van der Waals surface area contributed by atoms with Crippen LogP contribution in [0.3, 0.4) is 0 Å². The number of ether oxygens (including phenoxy) is 1. The van der Waals surface area contributed by atoms with Gasteiger partial charge in [0.25, 0.3) is 0 Å². The molecule has 146 valence electrons. The third kappa shape index (κ3) is 5.07. The Morgan fingerprint density at radius 2 is 1.78 bits per heavy atom. The first kappa shape index (κ1) is 20.3. The fourth-order valence-electron chi connectivity index (χ4n) is 3.17. The number of nitrogens with zero attached hydrogens (tertiary/aromatic N) is 1. The molecule has 0 spiro atoms. The van der Waals surface area contributed by atoms with Gasteiger partial charge in [0.15, 0.2) is 0 Å². The molecule has 2 aromatic rings. The van der Waals surface area contributed by atoms with Crippen molar-refractivity contribution in [2.75, 3.05) is 26.2 Å². The van der Waals surface area contributed by atoms with Gasteiger partial charge >= 0.3 is 6.36 Å². The Hall–Kier alpha value is -1.48. The van der Waals surface area contributed by atoms with E-state index >= 15 is 0 Å². The summed E-state index contributed by atoms with van der Waals surface area (Å²) in [4.78, 5) is 2.15. The van der Waals surface area contributed by atoms with E-state index in [2.05, 4.69) is 30.9 Å². The van der Waals surface area contributed by atoms with E-state index in [1.165, 1.54) is 12.1 Å². The molecule has 2 N–H and O–H groups in total. The van der Waals surface area contributed by atoms with Gasteiger partial charge in [0.1, 0.15) is 11.5 Å². The second-order valence-corrected chi connectivity index (χ2v) is 7.42. The molecule has 0 saturated carbocycles. The van der Waals surface area contributed by atoms with Crippen molar-refractivity contribution < 1.29 is 23.0 Å². The molecule has 0 aromatic heterocycles. The summed E-state index contributed by atoms with van der Waals surface area (Å²) >= 11 is 9.47. The number of halogens is 5. The number of phenolic OH excluding ortho intramolecular Hbond substituents is 1. The molecule has 0 radical (unpaired) electrons. The summed E-state index contributed by atoms with van der Waals surface area (Å²) in [6, 6.07) is 8.60. The number of aromatic hydroxyl groups is 1. The van der Waals surface area contributed by atoms with Crippen LogP contribution in [0.1, 0.15) is 17.2 Å². The number of phenols is 1. The Morgan fingerprint density at radius 1 is 1.15 bits per heavy atom. The Labute approximate surface area is 168 Å². The lowest BCUT2D eigenvalue weighted by atomic mass is 9.95. The Bertz CT molecular complexity index is 796. The van der Waals surface area contributed by atoms with Crippen LogP contribution in [0.15, 0.2) is 40.9 Å². The maximum absolute atomic E-state index is 12.4. The van der Waals surface area contributed by atoms with Gasteiger partial charge in [-0.3, -0.25) is 4.90 Å². The molecular weight excluding hydrogens is 449 g/mol. The molecule has 1 fully saturated rings. The van der Waals surface area contributed by atoms with Crippen LogP contribution in [0, 0.1) is 0 Å². The van der Waals surface area contributed by atoms with Gasteiger partial charge < -0.3 is 15.2 Å². The SMILES string of the molecule is Oc1c(Br)cc(Cl)cc1[C@H](c1ccc(OC(F)(F)F)cc1)N1CCNCC1. The molecule has 1 aliphatic heterocycles. The van der Waals surface area contributed by atoms with Crippen LogP contribution in [0.4, 0.5) is 13.2 Å². The lowest BCUT2D eigenvalue weighted by Gasteiger charge is -2.36. The highest BCUT2D eigenvalue weighted by molar-refractivity contribution is 9.10. The summed E-state index contributed by atoms with van der Waals surface area (Å²) in [6.07, 6.45) is -4.74. The van der Waals surface area contributed by atoms with E-state index < -0.39 is 6.36 Å². The zero-order valence-electron chi connectivity index (χ0n) is 14.1. The average molecular weight is 466 g/mol. The van der Waals surface area contributed by atoms with E-state index in [9.17, 15) is 18.3 Å². The van der Waals surface area contributed by atoms with Crippen molar-refractivity contribution in [1.82, 2.24) is 10.2 Å². The van der Waals surface area contributed by atoms with Crippen LogP contribution in [0.25, 0.3) is 0 Å². The second kappa shape index (κ2) is 8.26. The number of hydrogen-bond donors (Lipinski definition) is 2. The molecule has 9 heteroatoms. The third-order valence-corrected chi connectivity index (χ3v) is 5.12. The molecule has 0 unspecified atom stereocenters. The van der Waals surface area contributed by atoms with Crippen LogP contribution in [-0.2, 0) is 0 Å². The predicted molar refractivity (Wildman–Crippen MR) is 100 cm³/mol. The number of rotatable bonds is 4. The van der Waals surface area contributed by atoms with Crippen molar-refractivity contribution in [1.29, 1.82) is 0 Å². The van der Waals surface area contributed by atoms with E-state index in [0.717, 1.165) is 31.7 Å². The van der Waals surface area contributed by atoms with Crippen molar-refractivity contribution in [3.63, 3.8) is 0 Å². The summed E-state index contributed by atoms with van der Waals surface area (Å²) in [7, 11) is 0. The van der Waals surface area contributed by atoms with Gasteiger partial charge in [-0.2, -0.15) is 0 Å². The molecule has 3 rings (SSSR count). The van der Waals surface area contributed by atoms with E-state index in [0.29, 0.717) is 15.1 Å². The number of alkyl halides is 3. The Morgan fingerprint density at radius 3 is 2.37 bits per heavy atom. The van der Waals surface area contributed by atoms with Crippen molar-refractivity contribution >= 4 is 27.5 Å². The van der Waals surface area contributed by atoms with Crippen LogP contribution in [0.5, 0.6) is 11.5 Å². The van der Waals surface area contributed by atoms with Gasteiger partial charge in [-0.1, -0.05) is 23.7 Å². The van der Waals surface area contributed by atoms with Crippen LogP contribution in [-0.4, -0.2) is 42.5 Å². The highest BCUT2D eigenvalue weighted by Crippen LogP contribution is 2.40. The monoisotopic (exact) mass is 464 g/mol. The van der Waals surface area contributed by atoms with E-state index in [1.807, 2.05) is 0 Å². The van der Waals surface area contributed by atoms with Gasteiger partial charge in [0.2, 0.25) is 0 Å². The van der Waals surface area contributed by atoms with Crippen molar-refractivity contribution in [2.24, 2.45) is 0 Å². The van der Waals surface area contributed by atoms with Gasteiger partial charge in [-0.05, 0) is 45.8 Å². The van der Waals surface area contributed by atoms with E-state index in [-0.39, 0.29) is 17.5 Å². The van der Waals surface area contributed by atoms with Gasteiger partial charge in [-0.15, -0.1) is 13.2 Å². The highest BCUT2D eigenvalue weighted by Gasteiger charge is 2.32. The summed E-state index contributed by atoms with van der Waals surface area (Å²) in [5.74, 6) is -0.236. The minimum Gasteiger partial charge on any atom is -0.506 e. The van der Waals surface area contributed by atoms with Crippen LogP contribution in [0.2, 0.25) is 5.02 Å². The largest absolute Gasteiger partial charge is 0.573 e. The lowest BCUT2D eigenvalue weighted by molar-refractivity contribution is -0.274. The molecule has 2 aromatic carbocycles. The van der Waals surface area contributed by atoms with Gasteiger partial charge in [0.05, 0.1) is 10.5 Å². The van der Waals surface area contributed by atoms with E-state index in [4.69, 9.17) is 11.6 Å². The highest BCUT2D eigenvalue weighted by atomic mass is 79.9. The molecule has 0 bridgehead atoms. The Balaban J connectivity index is 2.00. The number of benzene rings is 2. The zero-order valence-corrected chi connectivity index (χ0v) is 16.4. The maximum Gasteiger partial charge on any atom is 0.573 e. The number of piperazine rings is 1. The van der Waals surface area contributed by atoms with E-state index in [1.54, 1.807) is 24.3 Å². The van der Waals surface area contributed by atoms with Crippen molar-refractivity contribution in [2.45, 2.75) is 12.4 Å². The molecule has 0 aliphatic carbocycles. The minimum atomic E-state index is -4.74. The molecule has 0 amide bonds. The molecule has 1 heterocycles. The molecule has 1 aliphatic rings. The van der Waals surface area contributed by atoms with Crippen LogP contribution >= 0.6 is 27.5 Å². The maximum atomic E-state index is 12.4. The fourth-order valence-corrected chi connectivity index (χ4v) is 4.01. The summed E-state index contributed by atoms with van der Waals surface area (Å²) < 4.78 is 41.6. The van der Waals surface area contributed by atoms with Crippen molar-refractivity contribution in [3.8, 4) is 11.5 Å². The quantitative estimate of drug-likeness (QED) is 0.687. The first-order chi connectivity index (χ1) is 12.7. The van der Waals surface area contributed by atoms with Gasteiger partial charge in [0, 0.05) is 36.8 Å². The normalized spacial score (nSPS) is 16.9. The average Bonchev–Trinajstić information content (AvgIpc) is 2.60. The van der Waals surface area contributed by atoms with Gasteiger partial charge in [-0.25, -0.2) is 0 Å². The minimum absolute atomic E-state index is 0.0542. The predicted octanol–water partition coefficient (Wildman–Crippen LogP) is 4.70. The first-order valence-corrected chi connectivity index (χ1v) is 9.40. The molecule has 27 heavy (non-hydrogen) atoms. The first-order valence-electron chi connectivity index (χ1n) is 8.23. The third-order valence-electron chi connectivity index (χ3n) is 4.30. The topological polar surface area (TPSA) is 44.7 Å². The van der Waals surface area contributed by atoms with Crippen molar-refractivity contribution in [3.05, 3.63) is 57.0 Å². The molecule has 1 saturated heterocycles. The summed E-state index contributed by atoms with van der Waals surface area (Å²) in [5.41, 5.74) is 1.32. The standard InChI is InChI=1S/C18H17BrClF3N2O2/c19-15-10-12(20)9-14(17(15)26)16(25-7-5-24-6-8-25)11-1-3-13(4-2-11)27-18(21,22)23/h1-4,9-10,16,24,26H,5-8H2/t16-/m0/s1. The van der Waals surface area contributed by atoms with Crippen LogP contribution < -0.4 is 10.1 Å². The summed E-state index contributed by atoms with van der Waals surface area (Å²) in [6.45, 7) is 2.98. The molecule has 1 atom stereocenters. The number of hydrogen-bond acceptors (Lipinski definition) is 4. The zero-order chi connectivity index (χ0) is 19.6. The second-order valence-electron chi connectivity index (χ2n) is 6.13.